The largest absolute Gasteiger partial charge is 0.495 e. The van der Waals surface area contributed by atoms with E-state index in [1.807, 2.05) is 25.1 Å². The summed E-state index contributed by atoms with van der Waals surface area (Å²) in [5.41, 5.74) is 1.02. The number of hydrogen-bond acceptors (Lipinski definition) is 8. The number of carbonyl (C=O) groups is 1. The number of fused-ring (bicyclic) bond motifs is 1. The molecule has 1 aliphatic carbocycles. The number of amides is 1. The van der Waals surface area contributed by atoms with Crippen molar-refractivity contribution in [3.05, 3.63) is 42.0 Å². The molecule has 0 radical (unpaired) electrons. The van der Waals surface area contributed by atoms with E-state index in [4.69, 9.17) is 14.5 Å². The second kappa shape index (κ2) is 12.0. The Hall–Kier alpha value is -2.73. The van der Waals surface area contributed by atoms with Gasteiger partial charge in [0.25, 0.3) is 5.91 Å². The number of sulfonamides is 1. The van der Waals surface area contributed by atoms with Crippen molar-refractivity contribution in [2.75, 3.05) is 53.4 Å². The van der Waals surface area contributed by atoms with E-state index in [0.717, 1.165) is 36.8 Å². The van der Waals surface area contributed by atoms with Crippen LogP contribution < -0.4 is 14.4 Å². The quantitative estimate of drug-likeness (QED) is 0.361. The Bertz CT molecular complexity index is 1330. The van der Waals surface area contributed by atoms with Crippen LogP contribution in [-0.2, 0) is 10.0 Å². The van der Waals surface area contributed by atoms with Crippen molar-refractivity contribution in [1.82, 2.24) is 14.2 Å². The highest BCUT2D eigenvalue weighted by atomic mass is 32.2. The van der Waals surface area contributed by atoms with Crippen molar-refractivity contribution in [2.24, 2.45) is 0 Å². The summed E-state index contributed by atoms with van der Waals surface area (Å²) in [6.07, 6.45) is 5.00. The summed E-state index contributed by atoms with van der Waals surface area (Å²) in [5.74, 6) is 0.995. The highest BCUT2D eigenvalue weighted by molar-refractivity contribution is 7.89. The van der Waals surface area contributed by atoms with Gasteiger partial charge in [0.15, 0.2) is 5.13 Å². The highest BCUT2D eigenvalue weighted by Crippen LogP contribution is 2.40. The number of likely N-dealkylation sites (N-methyl/N-ethyl adjacent to an activating group) is 1. The maximum absolute atomic E-state index is 13.7. The Morgan fingerprint density at radius 2 is 1.58 bits per heavy atom. The summed E-state index contributed by atoms with van der Waals surface area (Å²) >= 11 is 1.36. The molecule has 0 aliphatic heterocycles. The number of rotatable bonds is 10. The number of anilines is 1. The van der Waals surface area contributed by atoms with Crippen molar-refractivity contribution < 1.29 is 22.7 Å². The van der Waals surface area contributed by atoms with Crippen LogP contribution in [0.2, 0.25) is 0 Å². The standard InChI is InChI=1S/C27H36N4O5S2/c1-29(2)17-18-31(27-28-24-22(35-4)15-16-23(36-5)25(24)37-27)26(32)19-11-13-21(14-12-19)38(33,34)30(3)20-9-7-6-8-10-20/h11-16,20H,6-10,17-18H2,1-5H3. The summed E-state index contributed by atoms with van der Waals surface area (Å²) in [6, 6.07) is 9.85. The number of ether oxygens (including phenoxy) is 2. The van der Waals surface area contributed by atoms with Crippen molar-refractivity contribution in [2.45, 2.75) is 43.0 Å². The average molecular weight is 561 g/mol. The fourth-order valence-electron chi connectivity index (χ4n) is 4.71. The van der Waals surface area contributed by atoms with Crippen molar-refractivity contribution in [3.63, 3.8) is 0 Å². The van der Waals surface area contributed by atoms with Crippen LogP contribution in [0, 0.1) is 0 Å². The van der Waals surface area contributed by atoms with E-state index in [2.05, 4.69) is 0 Å². The minimum absolute atomic E-state index is 0.0181. The van der Waals surface area contributed by atoms with Gasteiger partial charge in [0.05, 0.1) is 19.1 Å². The first-order chi connectivity index (χ1) is 18.2. The number of thiazole rings is 1. The lowest BCUT2D eigenvalue weighted by atomic mass is 9.96. The lowest BCUT2D eigenvalue weighted by molar-refractivity contribution is 0.0985. The topological polar surface area (TPSA) is 92.3 Å². The molecule has 38 heavy (non-hydrogen) atoms. The zero-order valence-electron chi connectivity index (χ0n) is 22.6. The van der Waals surface area contributed by atoms with Crippen LogP contribution in [0.25, 0.3) is 10.2 Å². The maximum Gasteiger partial charge on any atom is 0.260 e. The van der Waals surface area contributed by atoms with Gasteiger partial charge >= 0.3 is 0 Å². The number of benzene rings is 2. The lowest BCUT2D eigenvalue weighted by Crippen LogP contribution is -2.38. The molecule has 1 fully saturated rings. The van der Waals surface area contributed by atoms with Gasteiger partial charge in [-0.1, -0.05) is 30.6 Å². The van der Waals surface area contributed by atoms with E-state index >= 15 is 0 Å². The normalized spacial score (nSPS) is 14.8. The van der Waals surface area contributed by atoms with Crippen molar-refractivity contribution in [1.29, 1.82) is 0 Å². The molecule has 2 aromatic carbocycles. The number of methoxy groups -OCH3 is 2. The van der Waals surface area contributed by atoms with Crippen LogP contribution in [0.4, 0.5) is 5.13 Å². The molecule has 3 aromatic rings. The monoisotopic (exact) mass is 560 g/mol. The fourth-order valence-corrected chi connectivity index (χ4v) is 7.22. The number of hydrogen-bond donors (Lipinski definition) is 0. The first-order valence-corrected chi connectivity index (χ1v) is 15.0. The van der Waals surface area contributed by atoms with Gasteiger partial charge in [0.1, 0.15) is 21.7 Å². The molecule has 1 saturated carbocycles. The zero-order chi connectivity index (χ0) is 27.4. The van der Waals surface area contributed by atoms with Crippen LogP contribution in [0.5, 0.6) is 11.5 Å². The van der Waals surface area contributed by atoms with Crippen LogP contribution in [-0.4, -0.2) is 83.0 Å². The van der Waals surface area contributed by atoms with Crippen LogP contribution in [0.1, 0.15) is 42.5 Å². The molecule has 206 valence electrons. The minimum atomic E-state index is -3.64. The summed E-state index contributed by atoms with van der Waals surface area (Å²) in [6.45, 7) is 1.02. The van der Waals surface area contributed by atoms with Gasteiger partial charge in [0, 0.05) is 31.7 Å². The smallest absolute Gasteiger partial charge is 0.260 e. The molecule has 9 nitrogen and oxygen atoms in total. The number of nitrogens with zero attached hydrogens (tertiary/aromatic N) is 4. The molecule has 1 aromatic heterocycles. The minimum Gasteiger partial charge on any atom is -0.495 e. The van der Waals surface area contributed by atoms with Crippen LogP contribution in [0.3, 0.4) is 0 Å². The molecule has 11 heteroatoms. The molecule has 0 saturated heterocycles. The summed E-state index contributed by atoms with van der Waals surface area (Å²) < 4.78 is 39.8. The Morgan fingerprint density at radius 1 is 0.947 bits per heavy atom. The lowest BCUT2D eigenvalue weighted by Gasteiger charge is -2.30. The third-order valence-electron chi connectivity index (χ3n) is 7.01. The van der Waals surface area contributed by atoms with Gasteiger partial charge in [-0.25, -0.2) is 13.4 Å². The predicted molar refractivity (Wildman–Crippen MR) is 151 cm³/mol. The average Bonchev–Trinajstić information content (AvgIpc) is 3.37. The van der Waals surface area contributed by atoms with E-state index in [0.29, 0.717) is 40.8 Å². The summed E-state index contributed by atoms with van der Waals surface area (Å²) in [5, 5.41) is 0.517. The molecule has 4 rings (SSSR count). The predicted octanol–water partition coefficient (Wildman–Crippen LogP) is 4.48. The van der Waals surface area contributed by atoms with E-state index in [-0.39, 0.29) is 16.8 Å². The molecule has 0 atom stereocenters. The molecule has 1 aliphatic rings. The molecule has 0 spiro atoms. The van der Waals surface area contributed by atoms with Crippen molar-refractivity contribution in [3.8, 4) is 11.5 Å². The molecule has 0 N–H and O–H groups in total. The number of carbonyl (C=O) groups excluding carboxylic acids is 1. The Balaban J connectivity index is 1.64. The number of aromatic nitrogens is 1. The van der Waals surface area contributed by atoms with E-state index in [1.54, 1.807) is 44.4 Å². The molecular formula is C27H36N4O5S2. The van der Waals surface area contributed by atoms with Gasteiger partial charge in [-0.05, 0) is 63.3 Å². The van der Waals surface area contributed by atoms with Gasteiger partial charge < -0.3 is 14.4 Å². The molecular weight excluding hydrogens is 524 g/mol. The van der Waals surface area contributed by atoms with E-state index < -0.39 is 10.0 Å². The SMILES string of the molecule is COc1ccc(OC)c2sc(N(CCN(C)C)C(=O)c3ccc(S(=O)(=O)N(C)C4CCCCC4)cc3)nc12. The van der Waals surface area contributed by atoms with Gasteiger partial charge in [-0.2, -0.15) is 4.31 Å². The van der Waals surface area contributed by atoms with E-state index in [9.17, 15) is 13.2 Å². The second-order valence-corrected chi connectivity index (χ2v) is 12.7. The first-order valence-electron chi connectivity index (χ1n) is 12.7. The molecule has 0 unspecified atom stereocenters. The fraction of sp³-hybridized carbons (Fsp3) is 0.481. The molecule has 0 bridgehead atoms. The Morgan fingerprint density at radius 3 is 2.18 bits per heavy atom. The molecule has 1 heterocycles. The highest BCUT2D eigenvalue weighted by Gasteiger charge is 2.30. The first kappa shape index (κ1) is 28.3. The van der Waals surface area contributed by atoms with Gasteiger partial charge in [-0.3, -0.25) is 9.69 Å². The van der Waals surface area contributed by atoms with Gasteiger partial charge in [-0.15, -0.1) is 0 Å². The molecule has 1 amide bonds. The van der Waals surface area contributed by atoms with Gasteiger partial charge in [0.2, 0.25) is 10.0 Å². The zero-order valence-corrected chi connectivity index (χ0v) is 24.3. The van der Waals surface area contributed by atoms with E-state index in [1.165, 1.54) is 27.8 Å². The van der Waals surface area contributed by atoms with Crippen molar-refractivity contribution >= 4 is 42.6 Å². The third-order valence-corrected chi connectivity index (χ3v) is 10.0. The van der Waals surface area contributed by atoms with Crippen LogP contribution in [0.15, 0.2) is 41.3 Å². The third kappa shape index (κ3) is 5.80. The summed E-state index contributed by atoms with van der Waals surface area (Å²) in [7, 11) is 5.07. The second-order valence-electron chi connectivity index (χ2n) is 9.74. The Kier molecular flexibility index (Phi) is 8.92. The summed E-state index contributed by atoms with van der Waals surface area (Å²) in [4.78, 5) is 22.3. The maximum atomic E-state index is 13.7. The Labute approximate surface area is 229 Å². The van der Waals surface area contributed by atoms with Crippen LogP contribution >= 0.6 is 11.3 Å².